The van der Waals surface area contributed by atoms with Crippen molar-refractivity contribution in [1.82, 2.24) is 4.90 Å². The zero-order valence-corrected chi connectivity index (χ0v) is 18.6. The molecule has 9 nitrogen and oxygen atoms in total. The lowest BCUT2D eigenvalue weighted by Crippen LogP contribution is -2.40. The maximum absolute atomic E-state index is 12.7. The van der Waals surface area contributed by atoms with Gasteiger partial charge in [-0.05, 0) is 62.2 Å². The van der Waals surface area contributed by atoms with Crippen molar-refractivity contribution in [3.05, 3.63) is 44.8 Å². The van der Waals surface area contributed by atoms with Crippen molar-refractivity contribution < 1.29 is 29.4 Å². The fourth-order valence-corrected chi connectivity index (χ4v) is 4.11. The molecule has 2 aromatic carbocycles. The van der Waals surface area contributed by atoms with Gasteiger partial charge in [-0.25, -0.2) is 0 Å². The number of benzene rings is 2. The number of ether oxygens (including phenoxy) is 2. The number of nitrogens with one attached hydrogen (secondary N) is 1. The Balaban J connectivity index is 1.82. The van der Waals surface area contributed by atoms with Crippen LogP contribution in [0.3, 0.4) is 0 Å². The Kier molecular flexibility index (Phi) is 7.29. The number of oxime groups is 1. The maximum Gasteiger partial charge on any atom is 0.270 e. The summed E-state index contributed by atoms with van der Waals surface area (Å²) in [6.45, 7) is 1.81. The van der Waals surface area contributed by atoms with Gasteiger partial charge >= 0.3 is 0 Å². The summed E-state index contributed by atoms with van der Waals surface area (Å²) < 4.78 is 12.2. The quantitative estimate of drug-likeness (QED) is 0.302. The topological polar surface area (TPSA) is 121 Å². The summed E-state index contributed by atoms with van der Waals surface area (Å²) in [6.07, 6.45) is 0.732. The van der Waals surface area contributed by atoms with Gasteiger partial charge in [0.15, 0.2) is 5.75 Å². The van der Waals surface area contributed by atoms with E-state index in [1.165, 1.54) is 18.2 Å². The average molecular weight is 543 g/mol. The third kappa shape index (κ3) is 5.29. The van der Waals surface area contributed by atoms with E-state index in [9.17, 15) is 14.7 Å². The van der Waals surface area contributed by atoms with Crippen molar-refractivity contribution in [3.63, 3.8) is 0 Å². The first kappa shape index (κ1) is 22.1. The highest BCUT2D eigenvalue weighted by Crippen LogP contribution is 2.40. The second-order valence-electron chi connectivity index (χ2n) is 6.19. The van der Waals surface area contributed by atoms with Gasteiger partial charge in [-0.1, -0.05) is 5.16 Å². The number of phenolic OH excluding ortho intramolecular Hbond substituents is 1. The van der Waals surface area contributed by atoms with Crippen LogP contribution >= 0.6 is 31.9 Å². The van der Waals surface area contributed by atoms with Crippen LogP contribution in [-0.4, -0.2) is 59.5 Å². The number of aromatic hydroxyl groups is 1. The number of rotatable bonds is 5. The number of carbonyl (C=O) groups excluding carboxylic acids is 2. The lowest BCUT2D eigenvalue weighted by molar-refractivity contribution is -0.110. The molecule has 3 rings (SSSR count). The second kappa shape index (κ2) is 9.92. The normalized spacial score (nSPS) is 14.0. The van der Waals surface area contributed by atoms with Crippen LogP contribution in [0.15, 0.2) is 44.4 Å². The van der Waals surface area contributed by atoms with Crippen LogP contribution in [0.4, 0.5) is 5.69 Å². The molecule has 1 aliphatic heterocycles. The molecule has 0 radical (unpaired) electrons. The first-order chi connectivity index (χ1) is 14.4. The zero-order valence-electron chi connectivity index (χ0n) is 15.5. The molecule has 0 atom stereocenters. The minimum Gasteiger partial charge on any atom is -0.507 e. The highest BCUT2D eigenvalue weighted by atomic mass is 79.9. The maximum atomic E-state index is 12.7. The zero-order chi connectivity index (χ0) is 21.7. The number of halogens is 2. The predicted molar refractivity (Wildman–Crippen MR) is 116 cm³/mol. The second-order valence-corrected chi connectivity index (χ2v) is 7.90. The number of hydrogen-bond acceptors (Lipinski definition) is 7. The molecule has 0 saturated carbocycles. The number of carbonyl (C=O) groups is 2. The monoisotopic (exact) mass is 541 g/mol. The van der Waals surface area contributed by atoms with Crippen molar-refractivity contribution in [2.75, 3.05) is 31.6 Å². The van der Waals surface area contributed by atoms with E-state index in [-0.39, 0.29) is 17.2 Å². The molecule has 1 fully saturated rings. The molecule has 0 aliphatic carbocycles. The number of amides is 2. The Morgan fingerprint density at radius 3 is 2.47 bits per heavy atom. The highest BCUT2D eigenvalue weighted by Gasteiger charge is 2.22. The first-order valence-corrected chi connectivity index (χ1v) is 10.3. The molecule has 2 amide bonds. The van der Waals surface area contributed by atoms with Crippen molar-refractivity contribution in [3.8, 4) is 17.2 Å². The molecular formula is C19H17Br2N3O6. The summed E-state index contributed by atoms with van der Waals surface area (Å²) in [7, 11) is 0. The molecule has 1 saturated heterocycles. The molecule has 158 valence electrons. The van der Waals surface area contributed by atoms with Gasteiger partial charge in [0.1, 0.15) is 17.7 Å². The van der Waals surface area contributed by atoms with Gasteiger partial charge < -0.3 is 30.0 Å². The Labute approximate surface area is 188 Å². The molecule has 3 N–H and O–H groups in total. The molecule has 1 heterocycles. The van der Waals surface area contributed by atoms with E-state index in [1.54, 1.807) is 17.0 Å². The van der Waals surface area contributed by atoms with Crippen molar-refractivity contribution in [1.29, 1.82) is 0 Å². The van der Waals surface area contributed by atoms with Gasteiger partial charge in [0.05, 0.1) is 27.7 Å². The molecule has 0 unspecified atom stereocenters. The van der Waals surface area contributed by atoms with Crippen LogP contribution in [0.2, 0.25) is 0 Å². The summed E-state index contributed by atoms with van der Waals surface area (Å²) in [5.41, 5.74) is 0.564. The van der Waals surface area contributed by atoms with Crippen LogP contribution in [-0.2, 0) is 9.53 Å². The van der Waals surface area contributed by atoms with Crippen LogP contribution in [0.5, 0.6) is 17.2 Å². The Morgan fingerprint density at radius 1 is 1.17 bits per heavy atom. The third-order valence-electron chi connectivity index (χ3n) is 4.16. The SMILES string of the molecule is O=C(/C=N/O)Nc1cc(Br)c(Oc2ccc(O)c(C(=O)N3CCOCC3)c2)c(Br)c1. The lowest BCUT2D eigenvalue weighted by atomic mass is 10.1. The number of phenols is 1. The minimum absolute atomic E-state index is 0.133. The van der Waals surface area contributed by atoms with Crippen LogP contribution in [0.25, 0.3) is 0 Å². The largest absolute Gasteiger partial charge is 0.507 e. The summed E-state index contributed by atoms with van der Waals surface area (Å²) >= 11 is 6.76. The van der Waals surface area contributed by atoms with Crippen LogP contribution in [0.1, 0.15) is 10.4 Å². The summed E-state index contributed by atoms with van der Waals surface area (Å²) in [6, 6.07) is 7.61. The van der Waals surface area contributed by atoms with Crippen LogP contribution in [0, 0.1) is 0 Å². The van der Waals surface area contributed by atoms with E-state index in [2.05, 4.69) is 42.3 Å². The van der Waals surface area contributed by atoms with Gasteiger partial charge in [0, 0.05) is 18.8 Å². The van der Waals surface area contributed by atoms with E-state index in [0.29, 0.717) is 52.4 Å². The molecule has 1 aliphatic rings. The average Bonchev–Trinajstić information content (AvgIpc) is 2.72. The fraction of sp³-hybridized carbons (Fsp3) is 0.211. The highest BCUT2D eigenvalue weighted by molar-refractivity contribution is 9.11. The molecule has 0 spiro atoms. The first-order valence-electron chi connectivity index (χ1n) is 8.74. The molecule has 0 bridgehead atoms. The smallest absolute Gasteiger partial charge is 0.270 e. The Hall–Kier alpha value is -2.63. The van der Waals surface area contributed by atoms with Gasteiger partial charge in [-0.3, -0.25) is 9.59 Å². The van der Waals surface area contributed by atoms with Crippen molar-refractivity contribution in [2.24, 2.45) is 5.16 Å². The number of nitrogens with zero attached hydrogens (tertiary/aromatic N) is 2. The molecule has 30 heavy (non-hydrogen) atoms. The van der Waals surface area contributed by atoms with Crippen LogP contribution < -0.4 is 10.1 Å². The number of anilines is 1. The fourth-order valence-electron chi connectivity index (χ4n) is 2.76. The van der Waals surface area contributed by atoms with Crippen molar-refractivity contribution >= 4 is 55.6 Å². The van der Waals surface area contributed by atoms with Crippen molar-refractivity contribution in [2.45, 2.75) is 0 Å². The van der Waals surface area contributed by atoms with E-state index in [1.807, 2.05) is 0 Å². The third-order valence-corrected chi connectivity index (χ3v) is 5.34. The summed E-state index contributed by atoms with van der Waals surface area (Å²) in [4.78, 5) is 25.9. The van der Waals surface area contributed by atoms with E-state index >= 15 is 0 Å². The Morgan fingerprint density at radius 2 is 1.83 bits per heavy atom. The van der Waals surface area contributed by atoms with Gasteiger partial charge in [-0.15, -0.1) is 0 Å². The van der Waals surface area contributed by atoms with Gasteiger partial charge in [0.25, 0.3) is 11.8 Å². The van der Waals surface area contributed by atoms with E-state index in [0.717, 1.165) is 6.21 Å². The summed E-state index contributed by atoms with van der Waals surface area (Å²) in [5, 5.41) is 23.8. The summed E-state index contributed by atoms with van der Waals surface area (Å²) in [5.74, 6) is -0.298. The molecule has 2 aromatic rings. The van der Waals surface area contributed by atoms with E-state index < -0.39 is 5.91 Å². The Bertz CT molecular complexity index is 969. The number of morpholine rings is 1. The van der Waals surface area contributed by atoms with E-state index in [4.69, 9.17) is 14.7 Å². The standard InChI is InChI=1S/C19H17Br2N3O6/c20-14-7-11(23-17(26)10-22-28)8-15(21)18(14)30-12-1-2-16(25)13(9-12)19(27)24-3-5-29-6-4-24/h1-2,7-10,25,28H,3-6H2,(H,23,26)/b22-10+. The van der Waals surface area contributed by atoms with Gasteiger partial charge in [-0.2, -0.15) is 0 Å². The molecular weight excluding hydrogens is 526 g/mol. The lowest BCUT2D eigenvalue weighted by Gasteiger charge is -2.27. The predicted octanol–water partition coefficient (Wildman–Crippen LogP) is 3.58. The minimum atomic E-state index is -0.602. The molecule has 0 aromatic heterocycles. The molecule has 11 heteroatoms. The van der Waals surface area contributed by atoms with Gasteiger partial charge in [0.2, 0.25) is 0 Å². The number of hydrogen-bond donors (Lipinski definition) is 3.